The van der Waals surface area contributed by atoms with Crippen molar-refractivity contribution >= 4 is 33.4 Å². The summed E-state index contributed by atoms with van der Waals surface area (Å²) in [5, 5.41) is 8.92. The standard InChI is InChI=1S/C13H9BrN2S/c14-10-5-1-2-6-11(10)17-12-7-3-4-9(8-15)13(12)16/h1-7H,16H2. The monoisotopic (exact) mass is 304 g/mol. The number of nitriles is 1. The lowest BCUT2D eigenvalue weighted by molar-refractivity contribution is 1.36. The van der Waals surface area contributed by atoms with Crippen molar-refractivity contribution in [2.75, 3.05) is 5.73 Å². The molecule has 0 unspecified atom stereocenters. The van der Waals surface area contributed by atoms with Crippen molar-refractivity contribution in [2.45, 2.75) is 9.79 Å². The third-order valence-corrected chi connectivity index (χ3v) is 4.35. The Kier molecular flexibility index (Phi) is 3.72. The summed E-state index contributed by atoms with van der Waals surface area (Å²) in [5.74, 6) is 0. The third-order valence-electron chi connectivity index (χ3n) is 2.24. The van der Waals surface area contributed by atoms with Crippen molar-refractivity contribution < 1.29 is 0 Å². The number of benzene rings is 2. The van der Waals surface area contributed by atoms with Gasteiger partial charge in [-0.2, -0.15) is 5.26 Å². The van der Waals surface area contributed by atoms with Crippen LogP contribution in [0.15, 0.2) is 56.7 Å². The highest BCUT2D eigenvalue weighted by atomic mass is 79.9. The molecule has 2 N–H and O–H groups in total. The summed E-state index contributed by atoms with van der Waals surface area (Å²) >= 11 is 5.03. The van der Waals surface area contributed by atoms with Crippen LogP contribution in [0.5, 0.6) is 0 Å². The van der Waals surface area contributed by atoms with Gasteiger partial charge in [0.25, 0.3) is 0 Å². The van der Waals surface area contributed by atoms with Crippen molar-refractivity contribution in [3.63, 3.8) is 0 Å². The molecule has 0 aliphatic carbocycles. The van der Waals surface area contributed by atoms with Crippen molar-refractivity contribution in [1.29, 1.82) is 5.26 Å². The lowest BCUT2D eigenvalue weighted by atomic mass is 10.2. The number of para-hydroxylation sites is 1. The normalized spacial score (nSPS) is 9.88. The maximum Gasteiger partial charge on any atom is 0.101 e. The van der Waals surface area contributed by atoms with E-state index in [0.717, 1.165) is 14.3 Å². The third kappa shape index (κ3) is 2.63. The summed E-state index contributed by atoms with van der Waals surface area (Å²) in [5.41, 5.74) is 6.99. The van der Waals surface area contributed by atoms with Gasteiger partial charge in [-0.05, 0) is 40.2 Å². The molecular weight excluding hydrogens is 296 g/mol. The number of nitrogens with zero attached hydrogens (tertiary/aromatic N) is 1. The fourth-order valence-corrected chi connectivity index (χ4v) is 2.82. The van der Waals surface area contributed by atoms with Gasteiger partial charge >= 0.3 is 0 Å². The highest BCUT2D eigenvalue weighted by Gasteiger charge is 2.07. The number of nitrogen functional groups attached to an aromatic ring is 1. The van der Waals surface area contributed by atoms with Gasteiger partial charge in [0.1, 0.15) is 6.07 Å². The van der Waals surface area contributed by atoms with Crippen LogP contribution >= 0.6 is 27.7 Å². The molecule has 0 bridgehead atoms. The van der Waals surface area contributed by atoms with Gasteiger partial charge in [0, 0.05) is 14.3 Å². The van der Waals surface area contributed by atoms with Gasteiger partial charge in [-0.3, -0.25) is 0 Å². The molecule has 0 saturated heterocycles. The van der Waals surface area contributed by atoms with E-state index in [9.17, 15) is 0 Å². The second kappa shape index (κ2) is 5.26. The largest absolute Gasteiger partial charge is 0.397 e. The zero-order valence-electron chi connectivity index (χ0n) is 8.85. The molecule has 0 heterocycles. The van der Waals surface area contributed by atoms with Gasteiger partial charge in [-0.25, -0.2) is 0 Å². The molecule has 2 aromatic rings. The number of rotatable bonds is 2. The lowest BCUT2D eigenvalue weighted by Gasteiger charge is -2.07. The first-order valence-electron chi connectivity index (χ1n) is 4.93. The Morgan fingerprint density at radius 1 is 1.06 bits per heavy atom. The molecule has 2 rings (SSSR count). The van der Waals surface area contributed by atoms with Crippen LogP contribution in [-0.2, 0) is 0 Å². The average molecular weight is 305 g/mol. The summed E-state index contributed by atoms with van der Waals surface area (Å²) in [7, 11) is 0. The van der Waals surface area contributed by atoms with Gasteiger partial charge in [-0.1, -0.05) is 30.0 Å². The molecule has 0 fully saturated rings. The molecule has 0 aromatic heterocycles. The van der Waals surface area contributed by atoms with Crippen LogP contribution in [0, 0.1) is 11.3 Å². The molecular formula is C13H9BrN2S. The summed E-state index contributed by atoms with van der Waals surface area (Å²) < 4.78 is 1.02. The predicted molar refractivity (Wildman–Crippen MR) is 73.8 cm³/mol. The maximum atomic E-state index is 8.92. The Balaban J connectivity index is 2.38. The fraction of sp³-hybridized carbons (Fsp3) is 0. The van der Waals surface area contributed by atoms with E-state index in [0.29, 0.717) is 11.3 Å². The summed E-state index contributed by atoms with van der Waals surface area (Å²) in [6.45, 7) is 0. The zero-order valence-corrected chi connectivity index (χ0v) is 11.3. The summed E-state index contributed by atoms with van der Waals surface area (Å²) in [6, 6.07) is 15.5. The Morgan fingerprint density at radius 2 is 1.76 bits per heavy atom. The first kappa shape index (κ1) is 12.0. The highest BCUT2D eigenvalue weighted by molar-refractivity contribution is 9.10. The van der Waals surface area contributed by atoms with Crippen LogP contribution < -0.4 is 5.73 Å². The lowest BCUT2D eigenvalue weighted by Crippen LogP contribution is -1.92. The Hall–Kier alpha value is -1.44. The van der Waals surface area contributed by atoms with Crippen LogP contribution in [-0.4, -0.2) is 0 Å². The summed E-state index contributed by atoms with van der Waals surface area (Å²) in [4.78, 5) is 1.98. The second-order valence-corrected chi connectivity index (χ2v) is 5.30. The first-order valence-corrected chi connectivity index (χ1v) is 6.54. The fourth-order valence-electron chi connectivity index (χ4n) is 1.38. The molecule has 84 valence electrons. The summed E-state index contributed by atoms with van der Waals surface area (Å²) in [6.07, 6.45) is 0. The molecule has 0 radical (unpaired) electrons. The van der Waals surface area contributed by atoms with E-state index in [1.165, 1.54) is 0 Å². The van der Waals surface area contributed by atoms with Crippen molar-refractivity contribution in [2.24, 2.45) is 0 Å². The van der Waals surface area contributed by atoms with Crippen molar-refractivity contribution in [3.05, 3.63) is 52.5 Å². The van der Waals surface area contributed by atoms with Gasteiger partial charge in [0.2, 0.25) is 0 Å². The SMILES string of the molecule is N#Cc1cccc(Sc2ccccc2Br)c1N. The zero-order chi connectivity index (χ0) is 12.3. The Labute approximate surface area is 113 Å². The van der Waals surface area contributed by atoms with Gasteiger partial charge < -0.3 is 5.73 Å². The van der Waals surface area contributed by atoms with Crippen LogP contribution in [0.2, 0.25) is 0 Å². The van der Waals surface area contributed by atoms with E-state index in [-0.39, 0.29) is 0 Å². The minimum Gasteiger partial charge on any atom is -0.397 e. The number of hydrogen-bond donors (Lipinski definition) is 1. The molecule has 2 aromatic carbocycles. The van der Waals surface area contributed by atoms with Gasteiger partial charge in [0.15, 0.2) is 0 Å². The predicted octanol–water partition coefficient (Wildman–Crippen LogP) is 4.05. The molecule has 0 spiro atoms. The van der Waals surface area contributed by atoms with Gasteiger partial charge in [0.05, 0.1) is 11.3 Å². The molecule has 4 heteroatoms. The molecule has 0 atom stereocenters. The van der Waals surface area contributed by atoms with E-state index < -0.39 is 0 Å². The Morgan fingerprint density at radius 3 is 2.47 bits per heavy atom. The van der Waals surface area contributed by atoms with Gasteiger partial charge in [-0.15, -0.1) is 0 Å². The number of nitrogens with two attached hydrogens (primary N) is 1. The number of hydrogen-bond acceptors (Lipinski definition) is 3. The van der Waals surface area contributed by atoms with E-state index >= 15 is 0 Å². The van der Waals surface area contributed by atoms with Crippen LogP contribution in [0.1, 0.15) is 5.56 Å². The smallest absolute Gasteiger partial charge is 0.101 e. The minimum absolute atomic E-state index is 0.516. The van der Waals surface area contributed by atoms with Crippen molar-refractivity contribution in [3.8, 4) is 6.07 Å². The van der Waals surface area contributed by atoms with Crippen LogP contribution in [0.25, 0.3) is 0 Å². The second-order valence-electron chi connectivity index (χ2n) is 3.36. The topological polar surface area (TPSA) is 49.8 Å². The molecule has 17 heavy (non-hydrogen) atoms. The molecule has 0 amide bonds. The molecule has 0 aliphatic rings. The van der Waals surface area contributed by atoms with E-state index in [1.54, 1.807) is 17.8 Å². The number of anilines is 1. The van der Waals surface area contributed by atoms with Crippen molar-refractivity contribution in [1.82, 2.24) is 0 Å². The van der Waals surface area contributed by atoms with Crippen LogP contribution in [0.3, 0.4) is 0 Å². The Bertz CT molecular complexity index is 590. The number of halogens is 1. The van der Waals surface area contributed by atoms with E-state index in [1.807, 2.05) is 36.4 Å². The van der Waals surface area contributed by atoms with E-state index in [2.05, 4.69) is 22.0 Å². The molecule has 0 aliphatic heterocycles. The minimum atomic E-state index is 0.516. The quantitative estimate of drug-likeness (QED) is 0.851. The first-order chi connectivity index (χ1) is 8.22. The molecule has 2 nitrogen and oxygen atoms in total. The van der Waals surface area contributed by atoms with Crippen LogP contribution in [0.4, 0.5) is 5.69 Å². The average Bonchev–Trinajstić information content (AvgIpc) is 2.34. The van der Waals surface area contributed by atoms with E-state index in [4.69, 9.17) is 11.0 Å². The molecule has 0 saturated carbocycles. The highest BCUT2D eigenvalue weighted by Crippen LogP contribution is 2.37. The maximum absolute atomic E-state index is 8.92.